The van der Waals surface area contributed by atoms with Crippen LogP contribution in [0, 0.1) is 0 Å². The van der Waals surface area contributed by atoms with Crippen LogP contribution in [-0.2, 0) is 11.3 Å². The first-order chi connectivity index (χ1) is 12.1. The van der Waals surface area contributed by atoms with E-state index in [0.29, 0.717) is 0 Å². The van der Waals surface area contributed by atoms with Gasteiger partial charge in [-0.2, -0.15) is 0 Å². The minimum Gasteiger partial charge on any atom is -0.550 e. The van der Waals surface area contributed by atoms with Gasteiger partial charge in [-0.1, -0.05) is 88.6 Å². The van der Waals surface area contributed by atoms with Gasteiger partial charge in [0.2, 0.25) is 0 Å². The molecule has 1 unspecified atom stereocenters. The predicted molar refractivity (Wildman–Crippen MR) is 104 cm³/mol. The van der Waals surface area contributed by atoms with Crippen LogP contribution in [0.25, 0.3) is 0 Å². The Kier molecular flexibility index (Phi) is 16.5. The molecule has 3 nitrogen and oxygen atoms in total. The highest BCUT2D eigenvalue weighted by molar-refractivity contribution is 5.60. The van der Waals surface area contributed by atoms with Crippen molar-refractivity contribution in [3.63, 3.8) is 0 Å². The first kappa shape index (κ1) is 23.6. The van der Waals surface area contributed by atoms with E-state index in [4.69, 9.17) is 9.90 Å². The van der Waals surface area contributed by atoms with E-state index in [9.17, 15) is 0 Å². The number of carboxylic acids is 1. The van der Waals surface area contributed by atoms with Crippen LogP contribution in [0.5, 0.6) is 0 Å². The molecule has 0 bridgehead atoms. The molecule has 0 spiro atoms. The summed E-state index contributed by atoms with van der Waals surface area (Å²) in [5.41, 5.74) is 1.46. The highest BCUT2D eigenvalue weighted by Crippen LogP contribution is 2.10. The number of carboxylic acid groups (broad SMARTS) is 1. The number of carbonyl (C=O) groups is 1. The second-order valence-electron chi connectivity index (χ2n) is 7.04. The number of carbonyl (C=O) groups excluding carboxylic acids is 1. The molecule has 0 heterocycles. The molecule has 0 aromatic heterocycles. The highest BCUT2D eigenvalue weighted by atomic mass is 16.4. The Morgan fingerprint density at radius 2 is 1.32 bits per heavy atom. The molecule has 1 N–H and O–H groups in total. The molecule has 144 valence electrons. The zero-order valence-corrected chi connectivity index (χ0v) is 16.7. The van der Waals surface area contributed by atoms with Gasteiger partial charge in [-0.05, 0) is 19.8 Å². The lowest BCUT2D eigenvalue weighted by molar-refractivity contribution is -0.894. The maximum Gasteiger partial charge on any atom is 0.103 e. The summed E-state index contributed by atoms with van der Waals surface area (Å²) in [6, 6.07) is 10.9. The van der Waals surface area contributed by atoms with Gasteiger partial charge in [0.15, 0.2) is 0 Å². The van der Waals surface area contributed by atoms with Crippen LogP contribution >= 0.6 is 0 Å². The van der Waals surface area contributed by atoms with Crippen molar-refractivity contribution in [2.45, 2.75) is 84.6 Å². The summed E-state index contributed by atoms with van der Waals surface area (Å²) in [6.07, 6.45) is 14.3. The normalized spacial score (nSPS) is 11.5. The van der Waals surface area contributed by atoms with E-state index in [-0.39, 0.29) is 0 Å². The fourth-order valence-electron chi connectivity index (χ4n) is 2.95. The van der Waals surface area contributed by atoms with E-state index >= 15 is 0 Å². The molecule has 3 heteroatoms. The molecule has 1 atom stereocenters. The second-order valence-corrected chi connectivity index (χ2v) is 7.04. The topological polar surface area (TPSA) is 44.6 Å². The standard InChI is InChI=1S/C20H35N.C2H4O2/c1-3-4-5-6-7-8-9-10-11-15-18-21(2)19-20-16-13-12-14-17-20;1-2(3)4/h12-14,16-17H,3-11,15,18-19H2,1-2H3;1H3,(H,3,4). The van der Waals surface area contributed by atoms with Crippen molar-refractivity contribution in [3.05, 3.63) is 35.9 Å². The fourth-order valence-corrected chi connectivity index (χ4v) is 2.95. The van der Waals surface area contributed by atoms with E-state index in [1.165, 1.54) is 76.3 Å². The molecule has 1 rings (SSSR count). The lowest BCUT2D eigenvalue weighted by Gasteiger charge is -2.13. The van der Waals surface area contributed by atoms with Crippen molar-refractivity contribution >= 4 is 5.97 Å². The molecular formula is C22H39NO2. The Labute approximate surface area is 155 Å². The summed E-state index contributed by atoms with van der Waals surface area (Å²) in [4.78, 5) is 10.5. The minimum atomic E-state index is -1.08. The number of quaternary nitrogens is 1. The maximum absolute atomic E-state index is 8.89. The van der Waals surface area contributed by atoms with Crippen LogP contribution in [0.2, 0.25) is 0 Å². The molecule has 0 aliphatic carbocycles. The number of nitrogens with one attached hydrogen (secondary N) is 1. The van der Waals surface area contributed by atoms with Crippen LogP contribution < -0.4 is 10.0 Å². The van der Waals surface area contributed by atoms with Gasteiger partial charge in [0.05, 0.1) is 13.6 Å². The van der Waals surface area contributed by atoms with Gasteiger partial charge in [-0.25, -0.2) is 0 Å². The van der Waals surface area contributed by atoms with Crippen molar-refractivity contribution in [1.29, 1.82) is 0 Å². The molecule has 0 aliphatic heterocycles. The van der Waals surface area contributed by atoms with Gasteiger partial charge in [0, 0.05) is 11.5 Å². The minimum absolute atomic E-state index is 0.972. The second kappa shape index (κ2) is 17.5. The van der Waals surface area contributed by atoms with E-state index in [0.717, 1.165) is 13.5 Å². The molecule has 1 aromatic rings. The first-order valence-electron chi connectivity index (χ1n) is 10.1. The molecule has 0 saturated heterocycles. The Bertz CT molecular complexity index is 402. The Morgan fingerprint density at radius 3 is 1.80 bits per heavy atom. The summed E-state index contributed by atoms with van der Waals surface area (Å²) < 4.78 is 0. The van der Waals surface area contributed by atoms with Gasteiger partial charge in [-0.3, -0.25) is 0 Å². The summed E-state index contributed by atoms with van der Waals surface area (Å²) >= 11 is 0. The largest absolute Gasteiger partial charge is 0.550 e. The molecule has 0 radical (unpaired) electrons. The Morgan fingerprint density at radius 1 is 0.880 bits per heavy atom. The summed E-state index contributed by atoms with van der Waals surface area (Å²) in [5, 5.41) is 8.89. The smallest absolute Gasteiger partial charge is 0.103 e. The van der Waals surface area contributed by atoms with Crippen LogP contribution in [0.1, 0.15) is 83.6 Å². The number of unbranched alkanes of at least 4 members (excludes halogenated alkanes) is 9. The number of hydrogen-bond acceptors (Lipinski definition) is 2. The van der Waals surface area contributed by atoms with Gasteiger partial charge in [0.25, 0.3) is 0 Å². The highest BCUT2D eigenvalue weighted by Gasteiger charge is 2.02. The van der Waals surface area contributed by atoms with Crippen molar-refractivity contribution in [1.82, 2.24) is 0 Å². The van der Waals surface area contributed by atoms with E-state index in [2.05, 4.69) is 44.3 Å². The summed E-state index contributed by atoms with van der Waals surface area (Å²) in [6.45, 7) is 5.74. The van der Waals surface area contributed by atoms with Crippen LogP contribution in [0.15, 0.2) is 30.3 Å². The zero-order valence-electron chi connectivity index (χ0n) is 16.7. The Hall–Kier alpha value is -1.35. The lowest BCUT2D eigenvalue weighted by Crippen LogP contribution is -3.07. The van der Waals surface area contributed by atoms with Crippen molar-refractivity contribution < 1.29 is 14.8 Å². The van der Waals surface area contributed by atoms with Crippen LogP contribution in [-0.4, -0.2) is 19.6 Å². The van der Waals surface area contributed by atoms with E-state index < -0.39 is 5.97 Å². The van der Waals surface area contributed by atoms with Crippen molar-refractivity contribution in [2.75, 3.05) is 13.6 Å². The SMILES string of the molecule is CC(=O)[O-].CCCCCCCCCCCC[NH+](C)Cc1ccccc1. The third-order valence-electron chi connectivity index (χ3n) is 4.31. The van der Waals surface area contributed by atoms with Crippen LogP contribution in [0.3, 0.4) is 0 Å². The van der Waals surface area contributed by atoms with Crippen LogP contribution in [0.4, 0.5) is 0 Å². The third-order valence-corrected chi connectivity index (χ3v) is 4.31. The molecule has 1 aromatic carbocycles. The van der Waals surface area contributed by atoms with Gasteiger partial charge >= 0.3 is 0 Å². The number of aliphatic carboxylic acids is 1. The molecule has 25 heavy (non-hydrogen) atoms. The van der Waals surface area contributed by atoms with Crippen molar-refractivity contribution in [2.24, 2.45) is 0 Å². The average Bonchev–Trinajstić information content (AvgIpc) is 2.57. The third kappa shape index (κ3) is 18.8. The van der Waals surface area contributed by atoms with E-state index in [1.807, 2.05) is 0 Å². The number of rotatable bonds is 13. The van der Waals surface area contributed by atoms with Gasteiger partial charge in [0.1, 0.15) is 6.54 Å². The Balaban J connectivity index is 0.00000129. The molecule has 0 saturated carbocycles. The van der Waals surface area contributed by atoms with E-state index in [1.54, 1.807) is 4.90 Å². The van der Waals surface area contributed by atoms with Gasteiger partial charge in [-0.15, -0.1) is 0 Å². The maximum atomic E-state index is 8.89. The number of hydrogen-bond donors (Lipinski definition) is 1. The summed E-state index contributed by atoms with van der Waals surface area (Å²) in [7, 11) is 2.32. The first-order valence-corrected chi connectivity index (χ1v) is 10.1. The average molecular weight is 350 g/mol. The van der Waals surface area contributed by atoms with Crippen molar-refractivity contribution in [3.8, 4) is 0 Å². The fraction of sp³-hybridized carbons (Fsp3) is 0.682. The predicted octanol–water partition coefficient (Wildman–Crippen LogP) is 3.38. The number of benzene rings is 1. The van der Waals surface area contributed by atoms with Gasteiger partial charge < -0.3 is 14.8 Å². The summed E-state index contributed by atoms with van der Waals surface area (Å²) in [5.74, 6) is -1.08. The molecule has 0 fully saturated rings. The zero-order chi connectivity index (χ0) is 18.8. The molecule has 0 aliphatic rings. The quantitative estimate of drug-likeness (QED) is 0.555. The molecular weight excluding hydrogens is 310 g/mol. The molecule has 0 amide bonds. The lowest BCUT2D eigenvalue weighted by atomic mass is 10.1. The monoisotopic (exact) mass is 349 g/mol.